The van der Waals surface area contributed by atoms with Crippen molar-refractivity contribution in [1.29, 1.82) is 0 Å². The summed E-state index contributed by atoms with van der Waals surface area (Å²) in [5.74, 6) is 0.911. The third-order valence-electron chi connectivity index (χ3n) is 2.85. The molecule has 120 valence electrons. The van der Waals surface area contributed by atoms with Crippen molar-refractivity contribution in [2.75, 3.05) is 38.7 Å². The summed E-state index contributed by atoms with van der Waals surface area (Å²) >= 11 is 0. The largest absolute Gasteiger partial charge is 0.383 e. The first kappa shape index (κ1) is 17.9. The van der Waals surface area contributed by atoms with Gasteiger partial charge in [0.25, 0.3) is 0 Å². The van der Waals surface area contributed by atoms with E-state index in [1.165, 1.54) is 10.5 Å². The van der Waals surface area contributed by atoms with Crippen LogP contribution in [0, 0.1) is 5.92 Å². The van der Waals surface area contributed by atoms with Gasteiger partial charge in [0.05, 0.1) is 6.61 Å². The van der Waals surface area contributed by atoms with Crippen LogP contribution in [0.15, 0.2) is 23.2 Å². The second-order valence-corrected chi connectivity index (χ2v) is 7.10. The van der Waals surface area contributed by atoms with Gasteiger partial charge in [-0.15, -0.1) is 0 Å². The van der Waals surface area contributed by atoms with Crippen molar-refractivity contribution < 1.29 is 13.2 Å². The highest BCUT2D eigenvalue weighted by Gasteiger charge is 2.25. The smallest absolute Gasteiger partial charge is 0.244 e. The van der Waals surface area contributed by atoms with E-state index < -0.39 is 10.0 Å². The van der Waals surface area contributed by atoms with E-state index in [9.17, 15) is 8.42 Å². The Labute approximate surface area is 127 Å². The van der Waals surface area contributed by atoms with Crippen LogP contribution in [0.5, 0.6) is 0 Å². The molecular formula is C14H25N3O3S. The van der Waals surface area contributed by atoms with E-state index in [1.807, 2.05) is 20.8 Å². The Balaban J connectivity index is 2.97. The molecule has 6 nitrogen and oxygen atoms in total. The molecule has 0 atom stereocenters. The lowest BCUT2D eigenvalue weighted by molar-refractivity contribution is 0.175. The maximum absolute atomic E-state index is 12.7. The molecule has 1 N–H and O–H groups in total. The van der Waals surface area contributed by atoms with Crippen LogP contribution in [-0.4, -0.2) is 51.1 Å². The summed E-state index contributed by atoms with van der Waals surface area (Å²) in [6.07, 6.45) is 1.40. The van der Waals surface area contributed by atoms with Crippen molar-refractivity contribution in [3.05, 3.63) is 18.3 Å². The number of sulfonamides is 1. The SMILES string of the molecule is CCNc1ccc(S(=O)(=O)N(CCOC)CC(C)C)cn1. The van der Waals surface area contributed by atoms with Crippen molar-refractivity contribution in [2.24, 2.45) is 5.92 Å². The zero-order valence-electron chi connectivity index (χ0n) is 13.2. The van der Waals surface area contributed by atoms with Gasteiger partial charge in [-0.25, -0.2) is 13.4 Å². The van der Waals surface area contributed by atoms with E-state index in [2.05, 4.69) is 10.3 Å². The summed E-state index contributed by atoms with van der Waals surface area (Å²) < 4.78 is 31.8. The Morgan fingerprint density at radius 3 is 2.57 bits per heavy atom. The standard InChI is InChI=1S/C14H25N3O3S/c1-5-15-14-7-6-13(10-16-14)21(18,19)17(8-9-20-4)11-12(2)3/h6-7,10,12H,5,8-9,11H2,1-4H3,(H,15,16). The maximum Gasteiger partial charge on any atom is 0.244 e. The highest BCUT2D eigenvalue weighted by Crippen LogP contribution is 2.17. The van der Waals surface area contributed by atoms with E-state index in [0.29, 0.717) is 25.5 Å². The minimum Gasteiger partial charge on any atom is -0.383 e. The first-order valence-electron chi connectivity index (χ1n) is 7.10. The molecule has 0 amide bonds. The lowest BCUT2D eigenvalue weighted by Gasteiger charge is -2.23. The minimum absolute atomic E-state index is 0.209. The summed E-state index contributed by atoms with van der Waals surface area (Å²) in [4.78, 5) is 4.34. The minimum atomic E-state index is -3.54. The predicted octanol–water partition coefficient (Wildman–Crippen LogP) is 1.81. The molecule has 0 aromatic carbocycles. The number of rotatable bonds is 9. The number of nitrogens with zero attached hydrogens (tertiary/aromatic N) is 2. The second kappa shape index (κ2) is 8.31. The Bertz CT molecular complexity index is 515. The number of aromatic nitrogens is 1. The van der Waals surface area contributed by atoms with Crippen molar-refractivity contribution in [2.45, 2.75) is 25.7 Å². The number of pyridine rings is 1. The van der Waals surface area contributed by atoms with Gasteiger partial charge < -0.3 is 10.1 Å². The van der Waals surface area contributed by atoms with Crippen LogP contribution in [0.4, 0.5) is 5.82 Å². The molecule has 0 spiro atoms. The van der Waals surface area contributed by atoms with Crippen LogP contribution in [0.1, 0.15) is 20.8 Å². The monoisotopic (exact) mass is 315 g/mol. The van der Waals surface area contributed by atoms with E-state index in [0.717, 1.165) is 6.54 Å². The van der Waals surface area contributed by atoms with Crippen LogP contribution < -0.4 is 5.32 Å². The normalized spacial score (nSPS) is 12.1. The van der Waals surface area contributed by atoms with Gasteiger partial charge in [0.1, 0.15) is 10.7 Å². The van der Waals surface area contributed by atoms with Crippen molar-refractivity contribution in [3.63, 3.8) is 0 Å². The van der Waals surface area contributed by atoms with Crippen LogP contribution >= 0.6 is 0 Å². The molecule has 0 bridgehead atoms. The molecule has 1 heterocycles. The highest BCUT2D eigenvalue weighted by atomic mass is 32.2. The summed E-state index contributed by atoms with van der Waals surface area (Å²) in [5.41, 5.74) is 0. The number of anilines is 1. The fourth-order valence-corrected chi connectivity index (χ4v) is 3.41. The highest BCUT2D eigenvalue weighted by molar-refractivity contribution is 7.89. The maximum atomic E-state index is 12.7. The zero-order valence-corrected chi connectivity index (χ0v) is 14.0. The van der Waals surface area contributed by atoms with Crippen molar-refractivity contribution in [1.82, 2.24) is 9.29 Å². The third-order valence-corrected chi connectivity index (χ3v) is 4.69. The van der Waals surface area contributed by atoms with Gasteiger partial charge >= 0.3 is 0 Å². The first-order chi connectivity index (χ1) is 9.91. The number of methoxy groups -OCH3 is 1. The molecule has 0 saturated carbocycles. The molecule has 7 heteroatoms. The Hall–Kier alpha value is -1.18. The lowest BCUT2D eigenvalue weighted by atomic mass is 10.2. The molecule has 21 heavy (non-hydrogen) atoms. The summed E-state index contributed by atoms with van der Waals surface area (Å²) in [6, 6.07) is 3.26. The van der Waals surface area contributed by atoms with Gasteiger partial charge in [-0.2, -0.15) is 4.31 Å². The van der Waals surface area contributed by atoms with Crippen molar-refractivity contribution >= 4 is 15.8 Å². The van der Waals surface area contributed by atoms with E-state index in [1.54, 1.807) is 19.2 Å². The average molecular weight is 315 g/mol. The molecular weight excluding hydrogens is 290 g/mol. The molecule has 0 aliphatic heterocycles. The number of hydrogen-bond acceptors (Lipinski definition) is 5. The molecule has 0 radical (unpaired) electrons. The van der Waals surface area contributed by atoms with Gasteiger partial charge in [0, 0.05) is 32.9 Å². The van der Waals surface area contributed by atoms with Crippen LogP contribution in [-0.2, 0) is 14.8 Å². The molecule has 0 aliphatic carbocycles. The first-order valence-corrected chi connectivity index (χ1v) is 8.54. The topological polar surface area (TPSA) is 71.5 Å². The third kappa shape index (κ3) is 5.26. The molecule has 0 fully saturated rings. The van der Waals surface area contributed by atoms with Gasteiger partial charge in [0.15, 0.2) is 0 Å². The molecule has 1 rings (SSSR count). The summed E-state index contributed by atoms with van der Waals surface area (Å²) in [5, 5.41) is 3.04. The van der Waals surface area contributed by atoms with Gasteiger partial charge in [0.2, 0.25) is 10.0 Å². The molecule has 0 aliphatic rings. The Morgan fingerprint density at radius 1 is 1.38 bits per heavy atom. The lowest BCUT2D eigenvalue weighted by Crippen LogP contribution is -2.36. The zero-order chi connectivity index (χ0) is 15.9. The van der Waals surface area contributed by atoms with E-state index >= 15 is 0 Å². The second-order valence-electron chi connectivity index (χ2n) is 5.16. The van der Waals surface area contributed by atoms with Gasteiger partial charge in [-0.05, 0) is 25.0 Å². The summed E-state index contributed by atoms with van der Waals surface area (Å²) in [7, 11) is -1.97. The quantitative estimate of drug-likeness (QED) is 0.752. The summed E-state index contributed by atoms with van der Waals surface area (Å²) in [6.45, 7) is 7.85. The number of ether oxygens (including phenoxy) is 1. The number of hydrogen-bond donors (Lipinski definition) is 1. The molecule has 1 aromatic heterocycles. The van der Waals surface area contributed by atoms with Gasteiger partial charge in [-0.1, -0.05) is 13.8 Å². The van der Waals surface area contributed by atoms with Crippen LogP contribution in [0.25, 0.3) is 0 Å². The Morgan fingerprint density at radius 2 is 2.10 bits per heavy atom. The number of nitrogens with one attached hydrogen (secondary N) is 1. The fraction of sp³-hybridized carbons (Fsp3) is 0.643. The fourth-order valence-electron chi connectivity index (χ4n) is 1.88. The van der Waals surface area contributed by atoms with E-state index in [4.69, 9.17) is 4.74 Å². The van der Waals surface area contributed by atoms with Crippen molar-refractivity contribution in [3.8, 4) is 0 Å². The van der Waals surface area contributed by atoms with E-state index in [-0.39, 0.29) is 10.8 Å². The average Bonchev–Trinajstić information content (AvgIpc) is 2.44. The van der Waals surface area contributed by atoms with Crippen LogP contribution in [0.3, 0.4) is 0 Å². The molecule has 1 aromatic rings. The van der Waals surface area contributed by atoms with Crippen LogP contribution in [0.2, 0.25) is 0 Å². The molecule has 0 unspecified atom stereocenters. The Kier molecular flexibility index (Phi) is 7.07. The van der Waals surface area contributed by atoms with Gasteiger partial charge in [-0.3, -0.25) is 0 Å². The predicted molar refractivity (Wildman–Crippen MR) is 83.9 cm³/mol. The molecule has 0 saturated heterocycles.